The zero-order chi connectivity index (χ0) is 14.1. The normalized spacial score (nSPS) is 18.1. The molecule has 0 spiro atoms. The van der Waals surface area contributed by atoms with E-state index in [0.717, 1.165) is 17.0 Å². The minimum Gasteiger partial charge on any atom is -0.384 e. The summed E-state index contributed by atoms with van der Waals surface area (Å²) in [5.41, 5.74) is 2.67. The fourth-order valence-corrected chi connectivity index (χ4v) is 3.30. The summed E-state index contributed by atoms with van der Waals surface area (Å²) in [6.45, 7) is 1.70. The van der Waals surface area contributed by atoms with Crippen molar-refractivity contribution < 1.29 is 9.53 Å². The van der Waals surface area contributed by atoms with Crippen LogP contribution in [-0.2, 0) is 18.3 Å². The molecular weight excluding hydrogens is 276 g/mol. The molecule has 2 aromatic rings. The molecule has 0 saturated heterocycles. The molecule has 106 valence electrons. The number of aryl methyl sites for hydroxylation is 1. The quantitative estimate of drug-likeness (QED) is 0.854. The Kier molecular flexibility index (Phi) is 3.54. The van der Waals surface area contributed by atoms with E-state index in [1.807, 2.05) is 28.8 Å². The van der Waals surface area contributed by atoms with Crippen molar-refractivity contribution in [1.82, 2.24) is 19.9 Å². The highest BCUT2D eigenvalue weighted by atomic mass is 32.1. The molecule has 1 amide bonds. The van der Waals surface area contributed by atoms with E-state index in [1.165, 1.54) is 11.3 Å². The van der Waals surface area contributed by atoms with E-state index in [1.54, 1.807) is 11.8 Å². The van der Waals surface area contributed by atoms with Crippen LogP contribution in [0.15, 0.2) is 16.8 Å². The van der Waals surface area contributed by atoms with Gasteiger partial charge in [0.1, 0.15) is 5.69 Å². The van der Waals surface area contributed by atoms with Crippen LogP contribution in [0.3, 0.4) is 0 Å². The molecule has 0 saturated carbocycles. The lowest BCUT2D eigenvalue weighted by molar-refractivity contribution is 0.0673. The summed E-state index contributed by atoms with van der Waals surface area (Å²) >= 11 is 1.53. The second kappa shape index (κ2) is 5.34. The molecule has 7 heteroatoms. The molecule has 1 aliphatic rings. The van der Waals surface area contributed by atoms with Gasteiger partial charge < -0.3 is 9.64 Å². The number of fused-ring (bicyclic) bond motifs is 1. The average molecular weight is 292 g/mol. The van der Waals surface area contributed by atoms with Crippen LogP contribution >= 0.6 is 11.3 Å². The maximum Gasteiger partial charge on any atom is 0.255 e. The zero-order valence-corrected chi connectivity index (χ0v) is 12.3. The van der Waals surface area contributed by atoms with E-state index in [2.05, 4.69) is 10.3 Å². The summed E-state index contributed by atoms with van der Waals surface area (Å²) in [5.74, 6) is 0.162. The Bertz CT molecular complexity index is 608. The fraction of sp³-hybridized carbons (Fsp3) is 0.462. The van der Waals surface area contributed by atoms with Gasteiger partial charge in [-0.3, -0.25) is 9.48 Å². The molecule has 0 aromatic carbocycles. The standard InChI is InChI=1S/C13H16N4O2S/c1-16-12-10(7-19-2)5-17(6-11(12)14-15-16)13(18)9-3-4-20-8-9/h3-4,8,10H,5-7H2,1-2H3/t10-/m1/s1. The van der Waals surface area contributed by atoms with Crippen molar-refractivity contribution in [3.8, 4) is 0 Å². The van der Waals surface area contributed by atoms with Crippen molar-refractivity contribution >= 4 is 17.2 Å². The molecule has 3 rings (SSSR count). The van der Waals surface area contributed by atoms with Crippen molar-refractivity contribution in [3.63, 3.8) is 0 Å². The number of hydrogen-bond donors (Lipinski definition) is 0. The zero-order valence-electron chi connectivity index (χ0n) is 11.4. The third-order valence-corrected chi connectivity index (χ3v) is 4.22. The summed E-state index contributed by atoms with van der Waals surface area (Å²) < 4.78 is 7.06. The van der Waals surface area contributed by atoms with E-state index < -0.39 is 0 Å². The third-order valence-electron chi connectivity index (χ3n) is 3.54. The minimum atomic E-state index is 0.0451. The summed E-state index contributed by atoms with van der Waals surface area (Å²) in [5, 5.41) is 12.0. The molecule has 1 aliphatic heterocycles. The Morgan fingerprint density at radius 3 is 3.15 bits per heavy atom. The monoisotopic (exact) mass is 292 g/mol. The predicted molar refractivity (Wildman–Crippen MR) is 74.7 cm³/mol. The Morgan fingerprint density at radius 1 is 1.60 bits per heavy atom. The van der Waals surface area contributed by atoms with Gasteiger partial charge in [-0.2, -0.15) is 11.3 Å². The lowest BCUT2D eigenvalue weighted by atomic mass is 9.98. The molecule has 1 atom stereocenters. The average Bonchev–Trinajstić information content (AvgIpc) is 3.08. The first-order valence-electron chi connectivity index (χ1n) is 6.39. The number of ether oxygens (including phenoxy) is 1. The van der Waals surface area contributed by atoms with Gasteiger partial charge in [-0.25, -0.2) is 0 Å². The summed E-state index contributed by atoms with van der Waals surface area (Å²) in [6, 6.07) is 1.85. The van der Waals surface area contributed by atoms with E-state index in [0.29, 0.717) is 19.7 Å². The number of rotatable bonds is 3. The first kappa shape index (κ1) is 13.3. The fourth-order valence-electron chi connectivity index (χ4n) is 2.67. The molecule has 20 heavy (non-hydrogen) atoms. The molecule has 0 N–H and O–H groups in total. The maximum atomic E-state index is 12.5. The van der Waals surface area contributed by atoms with Gasteiger partial charge in [-0.1, -0.05) is 5.21 Å². The van der Waals surface area contributed by atoms with Crippen LogP contribution in [-0.4, -0.2) is 46.1 Å². The van der Waals surface area contributed by atoms with Gasteiger partial charge in [0.25, 0.3) is 5.91 Å². The van der Waals surface area contributed by atoms with Gasteiger partial charge in [0.05, 0.1) is 24.4 Å². The summed E-state index contributed by atoms with van der Waals surface area (Å²) in [6.07, 6.45) is 0. The highest BCUT2D eigenvalue weighted by Crippen LogP contribution is 2.27. The number of methoxy groups -OCH3 is 1. The van der Waals surface area contributed by atoms with Gasteiger partial charge >= 0.3 is 0 Å². The van der Waals surface area contributed by atoms with Crippen LogP contribution in [0, 0.1) is 0 Å². The minimum absolute atomic E-state index is 0.0451. The molecule has 0 aliphatic carbocycles. The summed E-state index contributed by atoms with van der Waals surface area (Å²) in [4.78, 5) is 14.3. The lowest BCUT2D eigenvalue weighted by Crippen LogP contribution is -2.40. The van der Waals surface area contributed by atoms with Crippen LogP contribution in [0.1, 0.15) is 27.7 Å². The Hall–Kier alpha value is -1.73. The number of nitrogens with zero attached hydrogens (tertiary/aromatic N) is 4. The van der Waals surface area contributed by atoms with Gasteiger partial charge in [0.2, 0.25) is 0 Å². The van der Waals surface area contributed by atoms with Gasteiger partial charge in [0.15, 0.2) is 0 Å². The first-order valence-corrected chi connectivity index (χ1v) is 7.34. The first-order chi connectivity index (χ1) is 9.70. The highest BCUT2D eigenvalue weighted by Gasteiger charge is 2.32. The lowest BCUT2D eigenvalue weighted by Gasteiger charge is -2.31. The van der Waals surface area contributed by atoms with Gasteiger partial charge in [0, 0.05) is 32.0 Å². The van der Waals surface area contributed by atoms with Crippen LogP contribution in [0.4, 0.5) is 0 Å². The second-order valence-electron chi connectivity index (χ2n) is 4.89. The van der Waals surface area contributed by atoms with Crippen molar-refractivity contribution in [1.29, 1.82) is 0 Å². The molecule has 0 radical (unpaired) electrons. The third kappa shape index (κ3) is 2.23. The van der Waals surface area contributed by atoms with Crippen LogP contribution in [0.25, 0.3) is 0 Å². The topological polar surface area (TPSA) is 60.2 Å². The van der Waals surface area contributed by atoms with E-state index in [9.17, 15) is 4.79 Å². The number of thiophene rings is 1. The SMILES string of the molecule is COC[C@H]1CN(C(=O)c2ccsc2)Cc2nnn(C)c21. The van der Waals surface area contributed by atoms with Crippen LogP contribution in [0.5, 0.6) is 0 Å². The number of amides is 1. The smallest absolute Gasteiger partial charge is 0.255 e. The molecular formula is C13H16N4O2S. The van der Waals surface area contributed by atoms with Crippen molar-refractivity contribution in [2.75, 3.05) is 20.3 Å². The molecule has 0 bridgehead atoms. The Morgan fingerprint density at radius 2 is 2.45 bits per heavy atom. The number of carbonyl (C=O) groups is 1. The van der Waals surface area contributed by atoms with Crippen LogP contribution < -0.4 is 0 Å². The molecule has 6 nitrogen and oxygen atoms in total. The van der Waals surface area contributed by atoms with E-state index in [4.69, 9.17) is 4.74 Å². The molecule has 0 unspecified atom stereocenters. The van der Waals surface area contributed by atoms with Gasteiger partial charge in [-0.05, 0) is 11.4 Å². The predicted octanol–water partition coefficient (Wildman–Crippen LogP) is 1.26. The Labute approximate surface area is 121 Å². The largest absolute Gasteiger partial charge is 0.384 e. The van der Waals surface area contributed by atoms with E-state index >= 15 is 0 Å². The Balaban J connectivity index is 1.88. The van der Waals surface area contributed by atoms with E-state index in [-0.39, 0.29) is 11.8 Å². The molecule has 3 heterocycles. The van der Waals surface area contributed by atoms with Crippen molar-refractivity contribution in [3.05, 3.63) is 33.8 Å². The number of hydrogen-bond acceptors (Lipinski definition) is 5. The second-order valence-corrected chi connectivity index (χ2v) is 5.67. The summed E-state index contributed by atoms with van der Waals surface area (Å²) in [7, 11) is 3.55. The number of carbonyl (C=O) groups excluding carboxylic acids is 1. The highest BCUT2D eigenvalue weighted by molar-refractivity contribution is 7.08. The van der Waals surface area contributed by atoms with Gasteiger partial charge in [-0.15, -0.1) is 5.10 Å². The number of aromatic nitrogens is 3. The van der Waals surface area contributed by atoms with Crippen molar-refractivity contribution in [2.24, 2.45) is 7.05 Å². The van der Waals surface area contributed by atoms with Crippen LogP contribution in [0.2, 0.25) is 0 Å². The van der Waals surface area contributed by atoms with Crippen molar-refractivity contribution in [2.45, 2.75) is 12.5 Å². The molecule has 2 aromatic heterocycles. The molecule has 0 fully saturated rings. The maximum absolute atomic E-state index is 12.5.